The van der Waals surface area contributed by atoms with Crippen molar-refractivity contribution < 1.29 is 19.0 Å². The topological polar surface area (TPSA) is 56.8 Å². The van der Waals surface area contributed by atoms with Crippen LogP contribution in [0.3, 0.4) is 0 Å². The zero-order chi connectivity index (χ0) is 16.8. The monoisotopic (exact) mass is 379 g/mol. The van der Waals surface area contributed by atoms with E-state index in [1.165, 1.54) is 0 Å². The molecule has 0 aliphatic rings. The molecule has 122 valence electrons. The normalized spacial score (nSPS) is 10.1. The number of benzene rings is 2. The highest BCUT2D eigenvalue weighted by Gasteiger charge is 2.10. The molecule has 0 atom stereocenters. The Morgan fingerprint density at radius 2 is 1.83 bits per heavy atom. The maximum Gasteiger partial charge on any atom is 0.262 e. The summed E-state index contributed by atoms with van der Waals surface area (Å²) in [4.78, 5) is 12.1. The summed E-state index contributed by atoms with van der Waals surface area (Å²) in [5.74, 6) is 1.54. The van der Waals surface area contributed by atoms with Crippen molar-refractivity contribution in [3.05, 3.63) is 46.4 Å². The van der Waals surface area contributed by atoms with Gasteiger partial charge in [-0.05, 0) is 42.8 Å². The number of hydrogen-bond acceptors (Lipinski definition) is 4. The molecule has 0 aliphatic heterocycles. The van der Waals surface area contributed by atoms with E-state index in [2.05, 4.69) is 21.2 Å². The van der Waals surface area contributed by atoms with Crippen LogP contribution in [-0.4, -0.2) is 26.7 Å². The Kier molecular flexibility index (Phi) is 5.87. The van der Waals surface area contributed by atoms with Gasteiger partial charge in [-0.15, -0.1) is 0 Å². The number of hydrogen-bond donors (Lipinski definition) is 1. The molecule has 0 saturated carbocycles. The number of rotatable bonds is 6. The lowest BCUT2D eigenvalue weighted by molar-refractivity contribution is -0.118. The van der Waals surface area contributed by atoms with Crippen molar-refractivity contribution in [2.45, 2.75) is 6.92 Å². The fraction of sp³-hybridized carbons (Fsp3) is 0.235. The number of amides is 1. The van der Waals surface area contributed by atoms with Gasteiger partial charge in [0.2, 0.25) is 0 Å². The van der Waals surface area contributed by atoms with Crippen molar-refractivity contribution >= 4 is 27.5 Å². The number of nitrogens with one attached hydrogen (secondary N) is 1. The molecule has 0 bridgehead atoms. The third kappa shape index (κ3) is 4.63. The average molecular weight is 380 g/mol. The van der Waals surface area contributed by atoms with Crippen LogP contribution in [0.5, 0.6) is 17.2 Å². The van der Waals surface area contributed by atoms with Crippen molar-refractivity contribution in [1.29, 1.82) is 0 Å². The first-order valence-corrected chi connectivity index (χ1v) is 7.73. The highest BCUT2D eigenvalue weighted by Crippen LogP contribution is 2.29. The van der Waals surface area contributed by atoms with Crippen LogP contribution >= 0.6 is 15.9 Å². The summed E-state index contributed by atoms with van der Waals surface area (Å²) < 4.78 is 16.9. The van der Waals surface area contributed by atoms with Crippen LogP contribution in [0, 0.1) is 6.92 Å². The minimum atomic E-state index is -0.280. The van der Waals surface area contributed by atoms with E-state index < -0.39 is 0 Å². The lowest BCUT2D eigenvalue weighted by Crippen LogP contribution is -2.20. The van der Waals surface area contributed by atoms with Crippen LogP contribution in [0.15, 0.2) is 40.9 Å². The number of anilines is 1. The fourth-order valence-corrected chi connectivity index (χ4v) is 2.20. The van der Waals surface area contributed by atoms with E-state index in [1.54, 1.807) is 38.5 Å². The highest BCUT2D eigenvalue weighted by atomic mass is 79.9. The van der Waals surface area contributed by atoms with Gasteiger partial charge in [-0.3, -0.25) is 4.79 Å². The first-order valence-electron chi connectivity index (χ1n) is 6.94. The van der Waals surface area contributed by atoms with Gasteiger partial charge >= 0.3 is 0 Å². The van der Waals surface area contributed by atoms with E-state index >= 15 is 0 Å². The Balaban J connectivity index is 2.00. The molecule has 0 spiro atoms. The fourth-order valence-electron chi connectivity index (χ4n) is 1.95. The second-order valence-electron chi connectivity index (χ2n) is 4.81. The summed E-state index contributed by atoms with van der Waals surface area (Å²) in [7, 11) is 3.10. The minimum Gasteiger partial charge on any atom is -0.497 e. The van der Waals surface area contributed by atoms with Crippen LogP contribution in [-0.2, 0) is 4.79 Å². The molecular weight excluding hydrogens is 362 g/mol. The lowest BCUT2D eigenvalue weighted by Gasteiger charge is -2.12. The Labute approximate surface area is 143 Å². The average Bonchev–Trinajstić information content (AvgIpc) is 2.55. The van der Waals surface area contributed by atoms with Crippen LogP contribution in [0.25, 0.3) is 0 Å². The van der Waals surface area contributed by atoms with Gasteiger partial charge in [0.15, 0.2) is 6.61 Å². The Morgan fingerprint density at radius 3 is 2.48 bits per heavy atom. The molecular formula is C17H18BrNO4. The summed E-state index contributed by atoms with van der Waals surface area (Å²) in [6, 6.07) is 10.7. The molecule has 2 aromatic carbocycles. The standard InChI is InChI=1S/C17H18BrNO4/c1-11-8-13(4-6-14(11)18)23-10-17(20)19-15-9-12(21-2)5-7-16(15)22-3/h4-9H,10H2,1-3H3,(H,19,20). The van der Waals surface area contributed by atoms with Gasteiger partial charge in [-0.2, -0.15) is 0 Å². The summed E-state index contributed by atoms with van der Waals surface area (Å²) in [6.45, 7) is 1.86. The van der Waals surface area contributed by atoms with Crippen LogP contribution in [0.4, 0.5) is 5.69 Å². The summed E-state index contributed by atoms with van der Waals surface area (Å²) in [5.41, 5.74) is 1.57. The zero-order valence-electron chi connectivity index (χ0n) is 13.2. The van der Waals surface area contributed by atoms with Gasteiger partial charge in [0.05, 0.1) is 19.9 Å². The van der Waals surface area contributed by atoms with Gasteiger partial charge < -0.3 is 19.5 Å². The molecule has 2 rings (SSSR count). The third-order valence-electron chi connectivity index (χ3n) is 3.18. The Hall–Kier alpha value is -2.21. The van der Waals surface area contributed by atoms with Crippen LogP contribution < -0.4 is 19.5 Å². The number of methoxy groups -OCH3 is 2. The second kappa shape index (κ2) is 7.87. The molecule has 2 aromatic rings. The molecule has 0 heterocycles. The van der Waals surface area contributed by atoms with E-state index in [0.29, 0.717) is 22.9 Å². The molecule has 23 heavy (non-hydrogen) atoms. The molecule has 0 aromatic heterocycles. The second-order valence-corrected chi connectivity index (χ2v) is 5.67. The van der Waals surface area contributed by atoms with Crippen molar-refractivity contribution in [2.24, 2.45) is 0 Å². The van der Waals surface area contributed by atoms with E-state index in [-0.39, 0.29) is 12.5 Å². The first-order chi connectivity index (χ1) is 11.0. The molecule has 1 N–H and O–H groups in total. The number of halogens is 1. The molecule has 0 radical (unpaired) electrons. The van der Waals surface area contributed by atoms with E-state index in [1.807, 2.05) is 19.1 Å². The molecule has 6 heteroatoms. The number of ether oxygens (including phenoxy) is 3. The van der Waals surface area contributed by atoms with Crippen molar-refractivity contribution in [3.63, 3.8) is 0 Å². The molecule has 5 nitrogen and oxygen atoms in total. The molecule has 0 fully saturated rings. The van der Waals surface area contributed by atoms with Gasteiger partial charge in [-0.25, -0.2) is 0 Å². The predicted octanol–water partition coefficient (Wildman–Crippen LogP) is 3.79. The first kappa shape index (κ1) is 17.1. The Morgan fingerprint density at radius 1 is 1.09 bits per heavy atom. The largest absolute Gasteiger partial charge is 0.497 e. The van der Waals surface area contributed by atoms with Gasteiger partial charge in [-0.1, -0.05) is 15.9 Å². The summed E-state index contributed by atoms with van der Waals surface area (Å²) in [5, 5.41) is 2.75. The van der Waals surface area contributed by atoms with Crippen molar-refractivity contribution in [1.82, 2.24) is 0 Å². The number of aryl methyl sites for hydroxylation is 1. The van der Waals surface area contributed by atoms with Gasteiger partial charge in [0, 0.05) is 10.5 Å². The molecule has 0 saturated heterocycles. The summed E-state index contributed by atoms with van der Waals surface area (Å²) >= 11 is 3.42. The maximum atomic E-state index is 12.1. The molecule has 0 aliphatic carbocycles. The quantitative estimate of drug-likeness (QED) is 0.829. The molecule has 1 amide bonds. The SMILES string of the molecule is COc1ccc(OC)c(NC(=O)COc2ccc(Br)c(C)c2)c1. The van der Waals surface area contributed by atoms with Crippen LogP contribution in [0.1, 0.15) is 5.56 Å². The predicted molar refractivity (Wildman–Crippen MR) is 92.5 cm³/mol. The smallest absolute Gasteiger partial charge is 0.262 e. The molecule has 0 unspecified atom stereocenters. The minimum absolute atomic E-state index is 0.0958. The van der Waals surface area contributed by atoms with E-state index in [4.69, 9.17) is 14.2 Å². The van der Waals surface area contributed by atoms with E-state index in [9.17, 15) is 4.79 Å². The maximum absolute atomic E-state index is 12.1. The third-order valence-corrected chi connectivity index (χ3v) is 4.07. The van der Waals surface area contributed by atoms with Crippen LogP contribution in [0.2, 0.25) is 0 Å². The summed E-state index contributed by atoms with van der Waals surface area (Å²) in [6.07, 6.45) is 0. The van der Waals surface area contributed by atoms with Gasteiger partial charge in [0.1, 0.15) is 17.2 Å². The highest BCUT2D eigenvalue weighted by molar-refractivity contribution is 9.10. The van der Waals surface area contributed by atoms with E-state index in [0.717, 1.165) is 10.0 Å². The van der Waals surface area contributed by atoms with Crippen molar-refractivity contribution in [2.75, 3.05) is 26.1 Å². The number of carbonyl (C=O) groups excluding carboxylic acids is 1. The number of carbonyl (C=O) groups is 1. The lowest BCUT2D eigenvalue weighted by atomic mass is 10.2. The zero-order valence-corrected chi connectivity index (χ0v) is 14.8. The van der Waals surface area contributed by atoms with Gasteiger partial charge in [0.25, 0.3) is 5.91 Å². The van der Waals surface area contributed by atoms with Crippen molar-refractivity contribution in [3.8, 4) is 17.2 Å². The Bertz CT molecular complexity index is 703.